The number of aryl methyl sites for hydroxylation is 1. The van der Waals surface area contributed by atoms with Gasteiger partial charge in [0, 0.05) is 12.7 Å². The monoisotopic (exact) mass is 222 g/mol. The summed E-state index contributed by atoms with van der Waals surface area (Å²) in [7, 11) is 0. The van der Waals surface area contributed by atoms with Gasteiger partial charge in [-0.15, -0.1) is 0 Å². The second-order valence-electron chi connectivity index (χ2n) is 5.73. The van der Waals surface area contributed by atoms with Gasteiger partial charge in [0.15, 0.2) is 0 Å². The minimum absolute atomic E-state index is 0.378. The molecule has 1 heterocycles. The number of aliphatic hydroxyl groups is 1. The van der Waals surface area contributed by atoms with E-state index in [2.05, 4.69) is 25.9 Å². The van der Waals surface area contributed by atoms with Gasteiger partial charge in [0.2, 0.25) is 0 Å². The maximum Gasteiger partial charge on any atom is 0.106 e. The average molecular weight is 222 g/mol. The van der Waals surface area contributed by atoms with Crippen LogP contribution >= 0.6 is 0 Å². The van der Waals surface area contributed by atoms with Crippen LogP contribution in [0.2, 0.25) is 0 Å². The Morgan fingerprint density at radius 2 is 1.94 bits per heavy atom. The fourth-order valence-electron chi connectivity index (χ4n) is 2.58. The lowest BCUT2D eigenvalue weighted by molar-refractivity contribution is -0.0372. The summed E-state index contributed by atoms with van der Waals surface area (Å²) in [5, 5.41) is 15.0. The van der Waals surface area contributed by atoms with Crippen molar-refractivity contribution in [1.82, 2.24) is 9.78 Å². The van der Waals surface area contributed by atoms with Gasteiger partial charge in [0.25, 0.3) is 0 Å². The van der Waals surface area contributed by atoms with Crippen LogP contribution in [0.3, 0.4) is 0 Å². The molecule has 0 radical (unpaired) electrons. The summed E-state index contributed by atoms with van der Waals surface area (Å²) in [6.07, 6.45) is 5.66. The lowest BCUT2D eigenvalue weighted by Gasteiger charge is -2.40. The van der Waals surface area contributed by atoms with Gasteiger partial charge in [0.1, 0.15) is 5.60 Å². The molecule has 2 rings (SSSR count). The molecular formula is C13H22N2O. The summed E-state index contributed by atoms with van der Waals surface area (Å²) in [5.74, 6) is 0. The second-order valence-corrected chi connectivity index (χ2v) is 5.73. The van der Waals surface area contributed by atoms with Crippen molar-refractivity contribution in [2.75, 3.05) is 0 Å². The first-order valence-corrected chi connectivity index (χ1v) is 6.21. The molecule has 0 atom stereocenters. The summed E-state index contributed by atoms with van der Waals surface area (Å²) >= 11 is 0. The van der Waals surface area contributed by atoms with E-state index < -0.39 is 5.60 Å². The van der Waals surface area contributed by atoms with Crippen LogP contribution < -0.4 is 0 Å². The second kappa shape index (κ2) is 3.88. The predicted molar refractivity (Wildman–Crippen MR) is 64.0 cm³/mol. The zero-order valence-corrected chi connectivity index (χ0v) is 10.5. The number of nitrogens with zero attached hydrogens (tertiary/aromatic N) is 2. The lowest BCUT2D eigenvalue weighted by atomic mass is 9.70. The highest BCUT2D eigenvalue weighted by atomic mass is 16.3. The normalized spacial score (nSPS) is 23.2. The summed E-state index contributed by atoms with van der Waals surface area (Å²) in [4.78, 5) is 0. The first-order valence-electron chi connectivity index (χ1n) is 6.21. The van der Waals surface area contributed by atoms with Gasteiger partial charge < -0.3 is 5.11 Å². The predicted octanol–water partition coefficient (Wildman–Crippen LogP) is 2.69. The number of aromatic nitrogens is 2. The van der Waals surface area contributed by atoms with Gasteiger partial charge in [-0.2, -0.15) is 5.10 Å². The zero-order chi connectivity index (χ0) is 11.8. The van der Waals surface area contributed by atoms with Crippen LogP contribution in [0.1, 0.15) is 52.1 Å². The van der Waals surface area contributed by atoms with Crippen LogP contribution in [0.15, 0.2) is 12.3 Å². The molecule has 0 aliphatic heterocycles. The van der Waals surface area contributed by atoms with Crippen molar-refractivity contribution in [3.63, 3.8) is 0 Å². The van der Waals surface area contributed by atoms with Crippen LogP contribution in [-0.4, -0.2) is 14.9 Å². The third kappa shape index (κ3) is 2.01. The molecule has 0 saturated heterocycles. The van der Waals surface area contributed by atoms with Crippen LogP contribution in [-0.2, 0) is 12.1 Å². The van der Waals surface area contributed by atoms with E-state index >= 15 is 0 Å². The fourth-order valence-corrected chi connectivity index (χ4v) is 2.58. The van der Waals surface area contributed by atoms with E-state index in [1.165, 1.54) is 0 Å². The van der Waals surface area contributed by atoms with Crippen molar-refractivity contribution < 1.29 is 5.11 Å². The molecular weight excluding hydrogens is 200 g/mol. The molecule has 90 valence electrons. The topological polar surface area (TPSA) is 38.0 Å². The Labute approximate surface area is 97.5 Å². The first-order chi connectivity index (χ1) is 7.47. The first kappa shape index (κ1) is 11.6. The molecule has 0 unspecified atom stereocenters. The third-order valence-electron chi connectivity index (χ3n) is 3.92. The maximum atomic E-state index is 10.7. The van der Waals surface area contributed by atoms with Crippen LogP contribution in [0.5, 0.6) is 0 Å². The Morgan fingerprint density at radius 3 is 2.50 bits per heavy atom. The lowest BCUT2D eigenvalue weighted by Crippen LogP contribution is -2.36. The van der Waals surface area contributed by atoms with Gasteiger partial charge in [-0.05, 0) is 44.1 Å². The van der Waals surface area contributed by atoms with Gasteiger partial charge in [-0.1, -0.05) is 13.8 Å². The molecule has 0 spiro atoms. The van der Waals surface area contributed by atoms with Crippen molar-refractivity contribution in [3.05, 3.63) is 18.0 Å². The standard InChI is InChI=1S/C13H22N2O/c1-4-15-11(5-10-14-15)13(16)8-6-12(2,3)7-9-13/h5,10,16H,4,6-9H2,1-3H3. The quantitative estimate of drug-likeness (QED) is 0.835. The maximum absolute atomic E-state index is 10.7. The molecule has 0 aromatic carbocycles. The molecule has 1 aliphatic carbocycles. The van der Waals surface area contributed by atoms with Crippen LogP contribution in [0.4, 0.5) is 0 Å². The minimum atomic E-state index is -0.651. The largest absolute Gasteiger partial charge is 0.384 e. The Morgan fingerprint density at radius 1 is 1.31 bits per heavy atom. The van der Waals surface area contributed by atoms with Crippen molar-refractivity contribution >= 4 is 0 Å². The van der Waals surface area contributed by atoms with E-state index in [1.54, 1.807) is 6.20 Å². The van der Waals surface area contributed by atoms with Crippen molar-refractivity contribution in [2.45, 2.75) is 58.6 Å². The molecule has 0 bridgehead atoms. The van der Waals surface area contributed by atoms with Crippen molar-refractivity contribution in [2.24, 2.45) is 5.41 Å². The summed E-state index contributed by atoms with van der Waals surface area (Å²) < 4.78 is 1.92. The van der Waals surface area contributed by atoms with E-state index in [4.69, 9.17) is 0 Å². The number of rotatable bonds is 2. The van der Waals surface area contributed by atoms with Gasteiger partial charge >= 0.3 is 0 Å². The molecule has 1 aliphatic rings. The Kier molecular flexibility index (Phi) is 2.82. The molecule has 3 nitrogen and oxygen atoms in total. The summed E-state index contributed by atoms with van der Waals surface area (Å²) in [6.45, 7) is 7.45. The molecule has 1 fully saturated rings. The smallest absolute Gasteiger partial charge is 0.106 e. The van der Waals surface area contributed by atoms with Crippen molar-refractivity contribution in [1.29, 1.82) is 0 Å². The van der Waals surface area contributed by atoms with Gasteiger partial charge in [-0.25, -0.2) is 0 Å². The Balaban J connectivity index is 2.21. The molecule has 1 aromatic rings. The van der Waals surface area contributed by atoms with Gasteiger partial charge in [0.05, 0.1) is 5.69 Å². The molecule has 1 aromatic heterocycles. The zero-order valence-electron chi connectivity index (χ0n) is 10.5. The van der Waals surface area contributed by atoms with E-state index in [0.29, 0.717) is 5.41 Å². The SMILES string of the molecule is CCn1nccc1C1(O)CCC(C)(C)CC1. The van der Waals surface area contributed by atoms with Crippen molar-refractivity contribution in [3.8, 4) is 0 Å². The minimum Gasteiger partial charge on any atom is -0.384 e. The highest BCUT2D eigenvalue weighted by Crippen LogP contribution is 2.44. The van der Waals surface area contributed by atoms with E-state index in [9.17, 15) is 5.11 Å². The Hall–Kier alpha value is -0.830. The summed E-state index contributed by atoms with van der Waals surface area (Å²) in [6, 6.07) is 1.96. The van der Waals surface area contributed by atoms with Gasteiger partial charge in [-0.3, -0.25) is 4.68 Å². The number of hydrogen-bond donors (Lipinski definition) is 1. The average Bonchev–Trinajstić information content (AvgIpc) is 2.71. The molecule has 3 heteroatoms. The van der Waals surface area contributed by atoms with Crippen LogP contribution in [0, 0.1) is 5.41 Å². The third-order valence-corrected chi connectivity index (χ3v) is 3.92. The molecule has 1 N–H and O–H groups in total. The van der Waals surface area contributed by atoms with E-state index in [-0.39, 0.29) is 0 Å². The van der Waals surface area contributed by atoms with E-state index in [0.717, 1.165) is 37.9 Å². The number of hydrogen-bond acceptors (Lipinski definition) is 2. The van der Waals surface area contributed by atoms with Crippen LogP contribution in [0.25, 0.3) is 0 Å². The molecule has 0 amide bonds. The van der Waals surface area contributed by atoms with E-state index in [1.807, 2.05) is 10.7 Å². The summed E-state index contributed by atoms with van der Waals surface area (Å²) in [5.41, 5.74) is 0.719. The molecule has 16 heavy (non-hydrogen) atoms. The highest BCUT2D eigenvalue weighted by Gasteiger charge is 2.39. The highest BCUT2D eigenvalue weighted by molar-refractivity contribution is 5.13. The Bertz CT molecular complexity index is 358. The fraction of sp³-hybridized carbons (Fsp3) is 0.769. The molecule has 1 saturated carbocycles.